The van der Waals surface area contributed by atoms with Crippen molar-refractivity contribution in [2.45, 2.75) is 38.0 Å². The lowest BCUT2D eigenvalue weighted by molar-refractivity contribution is 0.307. The van der Waals surface area contributed by atoms with Crippen LogP contribution in [-0.2, 0) is 10.0 Å². The molecule has 0 saturated carbocycles. The van der Waals surface area contributed by atoms with Crippen LogP contribution in [0.1, 0.15) is 33.1 Å². The van der Waals surface area contributed by atoms with Crippen molar-refractivity contribution < 1.29 is 13.2 Å². The highest BCUT2D eigenvalue weighted by atomic mass is 32.2. The van der Waals surface area contributed by atoms with Gasteiger partial charge in [-0.2, -0.15) is 0 Å². The molecule has 1 aromatic rings. The topological polar surface area (TPSA) is 81.4 Å². The van der Waals surface area contributed by atoms with Gasteiger partial charge in [-0.3, -0.25) is 0 Å². The second-order valence-corrected chi connectivity index (χ2v) is 6.02. The number of nitrogen functional groups attached to an aromatic ring is 1. The quantitative estimate of drug-likeness (QED) is 0.566. The molecule has 108 valence electrons. The van der Waals surface area contributed by atoms with E-state index < -0.39 is 10.0 Å². The van der Waals surface area contributed by atoms with Crippen LogP contribution in [0.5, 0.6) is 5.75 Å². The predicted molar refractivity (Wildman–Crippen MR) is 76.7 cm³/mol. The van der Waals surface area contributed by atoms with Gasteiger partial charge in [-0.15, -0.1) is 0 Å². The van der Waals surface area contributed by atoms with Crippen LogP contribution in [0.3, 0.4) is 0 Å². The zero-order valence-corrected chi connectivity index (χ0v) is 12.3. The summed E-state index contributed by atoms with van der Waals surface area (Å²) in [6.07, 6.45) is 3.11. The number of hydrogen-bond acceptors (Lipinski definition) is 4. The molecule has 1 rings (SSSR count). The third kappa shape index (κ3) is 4.72. The van der Waals surface area contributed by atoms with Crippen molar-refractivity contribution in [1.82, 2.24) is 4.72 Å². The Hall–Kier alpha value is -1.27. The summed E-state index contributed by atoms with van der Waals surface area (Å²) in [5.74, 6) is 0.426. The van der Waals surface area contributed by atoms with Crippen LogP contribution in [-0.4, -0.2) is 21.6 Å². The Morgan fingerprint density at radius 2 is 2.00 bits per heavy atom. The Bertz CT molecular complexity index is 501. The highest BCUT2D eigenvalue weighted by Crippen LogP contribution is 2.25. The van der Waals surface area contributed by atoms with Gasteiger partial charge in [-0.25, -0.2) is 13.1 Å². The minimum absolute atomic E-state index is 0.175. The highest BCUT2D eigenvalue weighted by molar-refractivity contribution is 7.89. The SMILES string of the molecule is CCCCCOc1cc(S(=O)(=O)NCC)ccc1N. The molecular weight excluding hydrogens is 264 g/mol. The second kappa shape index (κ2) is 7.35. The first-order valence-corrected chi connectivity index (χ1v) is 8.01. The molecule has 0 saturated heterocycles. The number of nitrogens with two attached hydrogens (primary N) is 1. The average Bonchev–Trinajstić information content (AvgIpc) is 2.36. The molecule has 0 fully saturated rings. The van der Waals surface area contributed by atoms with Crippen LogP contribution < -0.4 is 15.2 Å². The Balaban J connectivity index is 2.82. The number of rotatable bonds is 8. The number of sulfonamides is 1. The summed E-state index contributed by atoms with van der Waals surface area (Å²) in [5, 5.41) is 0. The number of ether oxygens (including phenoxy) is 1. The normalized spacial score (nSPS) is 11.5. The van der Waals surface area contributed by atoms with Gasteiger partial charge in [0.15, 0.2) is 0 Å². The lowest BCUT2D eigenvalue weighted by Crippen LogP contribution is -2.23. The molecule has 0 spiro atoms. The zero-order chi connectivity index (χ0) is 14.3. The first-order chi connectivity index (χ1) is 9.01. The van der Waals surface area contributed by atoms with Gasteiger partial charge >= 0.3 is 0 Å². The van der Waals surface area contributed by atoms with Crippen LogP contribution in [0.15, 0.2) is 23.1 Å². The molecule has 0 unspecified atom stereocenters. The van der Waals surface area contributed by atoms with Crippen molar-refractivity contribution in [1.29, 1.82) is 0 Å². The fraction of sp³-hybridized carbons (Fsp3) is 0.538. The number of unbranched alkanes of at least 4 members (excludes halogenated alkanes) is 2. The minimum atomic E-state index is -3.47. The molecule has 0 aliphatic carbocycles. The van der Waals surface area contributed by atoms with Crippen molar-refractivity contribution in [3.05, 3.63) is 18.2 Å². The fourth-order valence-electron chi connectivity index (χ4n) is 1.61. The molecule has 0 aromatic heterocycles. The van der Waals surface area contributed by atoms with Crippen molar-refractivity contribution in [2.24, 2.45) is 0 Å². The van der Waals surface area contributed by atoms with E-state index in [1.807, 2.05) is 0 Å². The number of benzene rings is 1. The Morgan fingerprint density at radius 3 is 2.63 bits per heavy atom. The minimum Gasteiger partial charge on any atom is -0.491 e. The average molecular weight is 286 g/mol. The molecule has 0 atom stereocenters. The van der Waals surface area contributed by atoms with Crippen LogP contribution in [0.2, 0.25) is 0 Å². The van der Waals surface area contributed by atoms with Gasteiger partial charge in [0.25, 0.3) is 0 Å². The summed E-state index contributed by atoms with van der Waals surface area (Å²) in [7, 11) is -3.47. The van der Waals surface area contributed by atoms with Gasteiger partial charge in [0.05, 0.1) is 17.2 Å². The van der Waals surface area contributed by atoms with Gasteiger partial charge in [0.2, 0.25) is 10.0 Å². The lowest BCUT2D eigenvalue weighted by atomic mass is 10.2. The summed E-state index contributed by atoms with van der Waals surface area (Å²) in [4.78, 5) is 0.175. The molecule has 19 heavy (non-hydrogen) atoms. The van der Waals surface area contributed by atoms with E-state index in [2.05, 4.69) is 11.6 Å². The summed E-state index contributed by atoms with van der Waals surface area (Å²) in [5.41, 5.74) is 6.23. The van der Waals surface area contributed by atoms with Crippen molar-refractivity contribution in [2.75, 3.05) is 18.9 Å². The van der Waals surface area contributed by atoms with E-state index in [-0.39, 0.29) is 4.90 Å². The third-order valence-electron chi connectivity index (χ3n) is 2.64. The molecule has 5 nitrogen and oxygen atoms in total. The zero-order valence-electron chi connectivity index (χ0n) is 11.5. The maximum absolute atomic E-state index is 11.9. The first kappa shape index (κ1) is 15.8. The molecule has 0 aliphatic rings. The van der Waals surface area contributed by atoms with E-state index in [1.54, 1.807) is 13.0 Å². The van der Waals surface area contributed by atoms with Crippen LogP contribution in [0, 0.1) is 0 Å². The molecule has 0 amide bonds. The summed E-state index contributed by atoms with van der Waals surface area (Å²) < 4.78 is 31.7. The predicted octanol–water partition coefficient (Wildman–Crippen LogP) is 2.14. The standard InChI is InChI=1S/C13H22N2O3S/c1-3-5-6-9-18-13-10-11(7-8-12(13)14)19(16,17)15-4-2/h7-8,10,15H,3-6,9,14H2,1-2H3. The summed E-state index contributed by atoms with van der Waals surface area (Å²) in [6, 6.07) is 4.50. The molecule has 0 heterocycles. The van der Waals surface area contributed by atoms with Crippen LogP contribution in [0.25, 0.3) is 0 Å². The maximum Gasteiger partial charge on any atom is 0.240 e. The van der Waals surface area contributed by atoms with E-state index >= 15 is 0 Å². The largest absolute Gasteiger partial charge is 0.491 e. The van der Waals surface area contributed by atoms with Gasteiger partial charge in [-0.1, -0.05) is 26.7 Å². The van der Waals surface area contributed by atoms with Crippen molar-refractivity contribution in [3.63, 3.8) is 0 Å². The number of hydrogen-bond donors (Lipinski definition) is 2. The molecule has 0 radical (unpaired) electrons. The van der Waals surface area contributed by atoms with E-state index in [4.69, 9.17) is 10.5 Å². The first-order valence-electron chi connectivity index (χ1n) is 6.53. The smallest absolute Gasteiger partial charge is 0.240 e. The van der Waals surface area contributed by atoms with Gasteiger partial charge in [0, 0.05) is 12.6 Å². The Morgan fingerprint density at radius 1 is 1.26 bits per heavy atom. The van der Waals surface area contributed by atoms with Crippen LogP contribution in [0.4, 0.5) is 5.69 Å². The molecule has 1 aromatic carbocycles. The Labute approximate surface area is 115 Å². The summed E-state index contributed by atoms with van der Waals surface area (Å²) >= 11 is 0. The van der Waals surface area contributed by atoms with Crippen molar-refractivity contribution >= 4 is 15.7 Å². The van der Waals surface area contributed by atoms with Gasteiger partial charge in [-0.05, 0) is 18.6 Å². The van der Waals surface area contributed by atoms with Gasteiger partial charge in [0.1, 0.15) is 5.75 Å². The van der Waals surface area contributed by atoms with Gasteiger partial charge < -0.3 is 10.5 Å². The van der Waals surface area contributed by atoms with E-state index in [0.29, 0.717) is 24.6 Å². The second-order valence-electron chi connectivity index (χ2n) is 4.26. The van der Waals surface area contributed by atoms with E-state index in [9.17, 15) is 8.42 Å². The number of nitrogens with one attached hydrogen (secondary N) is 1. The lowest BCUT2D eigenvalue weighted by Gasteiger charge is -2.11. The van der Waals surface area contributed by atoms with E-state index in [0.717, 1.165) is 19.3 Å². The molecule has 3 N–H and O–H groups in total. The molecule has 0 aliphatic heterocycles. The van der Waals surface area contributed by atoms with Crippen LogP contribution >= 0.6 is 0 Å². The highest BCUT2D eigenvalue weighted by Gasteiger charge is 2.14. The molecular formula is C13H22N2O3S. The fourth-order valence-corrected chi connectivity index (χ4v) is 2.67. The Kier molecular flexibility index (Phi) is 6.11. The monoisotopic (exact) mass is 286 g/mol. The molecule has 0 bridgehead atoms. The maximum atomic E-state index is 11.9. The number of anilines is 1. The summed E-state index contributed by atoms with van der Waals surface area (Å²) in [6.45, 7) is 4.73. The third-order valence-corrected chi connectivity index (χ3v) is 4.18. The van der Waals surface area contributed by atoms with Crippen molar-refractivity contribution in [3.8, 4) is 5.75 Å². The van der Waals surface area contributed by atoms with E-state index in [1.165, 1.54) is 12.1 Å². The molecule has 6 heteroatoms.